The van der Waals surface area contributed by atoms with Crippen molar-refractivity contribution in [2.75, 3.05) is 0 Å². The van der Waals surface area contributed by atoms with Crippen LogP contribution in [0.25, 0.3) is 5.57 Å². The minimum atomic E-state index is -1.07. The molecule has 0 saturated carbocycles. The molecule has 0 bridgehead atoms. The van der Waals surface area contributed by atoms with E-state index in [0.29, 0.717) is 11.3 Å². The lowest BCUT2D eigenvalue weighted by molar-refractivity contribution is -0.141. The second kappa shape index (κ2) is 3.74. The monoisotopic (exact) mass is 263 g/mol. The number of carboxylic acid groups (broad SMARTS) is 1. The summed E-state index contributed by atoms with van der Waals surface area (Å²) in [5.41, 5.74) is 2.17. The van der Waals surface area contributed by atoms with Gasteiger partial charge in [-0.2, -0.15) is 0 Å². The van der Waals surface area contributed by atoms with Gasteiger partial charge in [-0.05, 0) is 12.5 Å². The average Bonchev–Trinajstić information content (AvgIpc) is 2.95. The van der Waals surface area contributed by atoms with Gasteiger partial charge in [0.25, 0.3) is 5.91 Å². The molecular weight excluding hydrogens is 254 g/mol. The predicted octanol–water partition coefficient (Wildman–Crippen LogP) is 1.02. The van der Waals surface area contributed by atoms with Crippen molar-refractivity contribution in [2.45, 2.75) is 12.3 Å². The van der Waals surface area contributed by atoms with E-state index in [9.17, 15) is 9.59 Å². The van der Waals surface area contributed by atoms with E-state index < -0.39 is 5.97 Å². The van der Waals surface area contributed by atoms with Gasteiger partial charge in [0, 0.05) is 11.6 Å². The Hall–Kier alpha value is -2.02. The molecule has 18 heavy (non-hydrogen) atoms. The number of thioether (sulfide) groups is 1. The van der Waals surface area contributed by atoms with Crippen LogP contribution in [0.3, 0.4) is 0 Å². The summed E-state index contributed by atoms with van der Waals surface area (Å²) >= 11 is 1.33. The Morgan fingerprint density at radius 2 is 2.39 bits per heavy atom. The Balaban J connectivity index is 1.95. The van der Waals surface area contributed by atoms with Crippen LogP contribution in [0, 0.1) is 0 Å². The number of nitrogens with zero attached hydrogens (tertiary/aromatic N) is 2. The van der Waals surface area contributed by atoms with Gasteiger partial charge in [-0.3, -0.25) is 9.69 Å². The van der Waals surface area contributed by atoms with Crippen molar-refractivity contribution in [3.63, 3.8) is 0 Å². The molecule has 92 valence electrons. The summed E-state index contributed by atoms with van der Waals surface area (Å²) in [6.07, 6.45) is 3.26. The molecule has 0 spiro atoms. The molecule has 1 fully saturated rings. The van der Waals surface area contributed by atoms with Crippen LogP contribution in [0.1, 0.15) is 12.6 Å². The van der Waals surface area contributed by atoms with Gasteiger partial charge in [-0.1, -0.05) is 0 Å². The molecule has 2 N–H and O–H groups in total. The Kier molecular flexibility index (Phi) is 2.30. The number of aromatic nitrogens is 2. The summed E-state index contributed by atoms with van der Waals surface area (Å²) in [6.45, 7) is 1.82. The van der Waals surface area contributed by atoms with Gasteiger partial charge in [0.15, 0.2) is 0 Å². The van der Waals surface area contributed by atoms with E-state index in [2.05, 4.69) is 9.97 Å². The molecule has 0 aromatic carbocycles. The maximum Gasteiger partial charge on any atom is 0.353 e. The maximum atomic E-state index is 12.0. The number of nitrogens with one attached hydrogen (secondary N) is 1. The second-order valence-corrected chi connectivity index (χ2v) is 4.92. The number of hydrogen-bond donors (Lipinski definition) is 2. The van der Waals surface area contributed by atoms with Gasteiger partial charge in [0.2, 0.25) is 0 Å². The summed E-state index contributed by atoms with van der Waals surface area (Å²) in [6, 6.07) is 0. The summed E-state index contributed by atoms with van der Waals surface area (Å²) in [4.78, 5) is 31.2. The van der Waals surface area contributed by atoms with Crippen molar-refractivity contribution in [3.8, 4) is 0 Å². The highest BCUT2D eigenvalue weighted by Gasteiger charge is 2.50. The second-order valence-electron chi connectivity index (χ2n) is 3.96. The predicted molar refractivity (Wildman–Crippen MR) is 65.1 cm³/mol. The fourth-order valence-corrected chi connectivity index (χ4v) is 3.27. The lowest BCUT2D eigenvalue weighted by Gasteiger charge is -2.38. The van der Waals surface area contributed by atoms with E-state index in [0.717, 1.165) is 5.57 Å². The van der Waals surface area contributed by atoms with Crippen LogP contribution < -0.4 is 0 Å². The Morgan fingerprint density at radius 3 is 3.00 bits per heavy atom. The van der Waals surface area contributed by atoms with Gasteiger partial charge in [-0.15, -0.1) is 11.8 Å². The molecule has 1 aromatic rings. The van der Waals surface area contributed by atoms with Crippen LogP contribution >= 0.6 is 11.8 Å². The number of carboxylic acids is 1. The largest absolute Gasteiger partial charge is 0.477 e. The summed E-state index contributed by atoms with van der Waals surface area (Å²) in [5.74, 6) is -1.33. The zero-order chi connectivity index (χ0) is 12.9. The Morgan fingerprint density at radius 1 is 1.61 bits per heavy atom. The van der Waals surface area contributed by atoms with Crippen molar-refractivity contribution in [1.82, 2.24) is 14.9 Å². The first-order valence-electron chi connectivity index (χ1n) is 5.23. The highest BCUT2D eigenvalue weighted by atomic mass is 32.2. The molecule has 2 aliphatic rings. The first kappa shape index (κ1) is 11.1. The molecule has 6 nitrogen and oxygen atoms in total. The molecule has 7 heteroatoms. The zero-order valence-electron chi connectivity index (χ0n) is 9.38. The van der Waals surface area contributed by atoms with Crippen LogP contribution in [-0.4, -0.2) is 37.2 Å². The van der Waals surface area contributed by atoms with Gasteiger partial charge in [-0.25, -0.2) is 9.78 Å². The third-order valence-electron chi connectivity index (χ3n) is 3.00. The van der Waals surface area contributed by atoms with Crippen molar-refractivity contribution < 1.29 is 14.7 Å². The van der Waals surface area contributed by atoms with E-state index in [-0.39, 0.29) is 17.0 Å². The van der Waals surface area contributed by atoms with Gasteiger partial charge in [0.05, 0.1) is 17.6 Å². The summed E-state index contributed by atoms with van der Waals surface area (Å²) in [5, 5.41) is 10.2. The first-order valence-corrected chi connectivity index (χ1v) is 6.18. The maximum absolute atomic E-state index is 12.0. The number of aromatic amines is 1. The smallest absolute Gasteiger partial charge is 0.353 e. The van der Waals surface area contributed by atoms with Gasteiger partial charge >= 0.3 is 5.97 Å². The minimum Gasteiger partial charge on any atom is -0.477 e. The summed E-state index contributed by atoms with van der Waals surface area (Å²) in [7, 11) is 0. The SMILES string of the molecule is C/C(=C1\C(=O)N2C(C(=O)O)=CS[C@@H]12)c1c[nH]cn1. The number of hydrogen-bond acceptors (Lipinski definition) is 4. The molecule has 2 aliphatic heterocycles. The van der Waals surface area contributed by atoms with E-state index in [1.54, 1.807) is 12.5 Å². The molecule has 0 unspecified atom stereocenters. The quantitative estimate of drug-likeness (QED) is 0.614. The average molecular weight is 263 g/mol. The molecule has 1 saturated heterocycles. The number of amides is 1. The van der Waals surface area contributed by atoms with Crippen molar-refractivity contribution in [1.29, 1.82) is 0 Å². The molecule has 1 amide bonds. The standard InChI is InChI=1S/C11H9N3O3S/c1-5(6-2-12-4-13-6)8-9(15)14-7(11(16)17)3-18-10(8)14/h2-4,10H,1H3,(H,12,13)(H,16,17)/b8-5-/t10-/m0/s1. The van der Waals surface area contributed by atoms with Crippen LogP contribution in [0.15, 0.2) is 29.2 Å². The van der Waals surface area contributed by atoms with Gasteiger partial charge in [0.1, 0.15) is 11.1 Å². The number of rotatable bonds is 2. The normalized spacial score (nSPS) is 24.5. The third kappa shape index (κ3) is 1.34. The summed E-state index contributed by atoms with van der Waals surface area (Å²) < 4.78 is 0. The first-order chi connectivity index (χ1) is 8.61. The topological polar surface area (TPSA) is 86.3 Å². The van der Waals surface area contributed by atoms with Crippen LogP contribution in [-0.2, 0) is 9.59 Å². The molecular formula is C11H9N3O3S. The highest BCUT2D eigenvalue weighted by Crippen LogP contribution is 2.46. The fraction of sp³-hybridized carbons (Fsp3) is 0.182. The van der Waals surface area contributed by atoms with E-state index in [1.165, 1.54) is 22.1 Å². The zero-order valence-corrected chi connectivity index (χ0v) is 10.2. The van der Waals surface area contributed by atoms with E-state index in [1.807, 2.05) is 6.92 Å². The number of β-lactam (4-membered cyclic amide) rings is 1. The number of aliphatic carboxylic acids is 1. The molecule has 1 atom stereocenters. The highest BCUT2D eigenvalue weighted by molar-refractivity contribution is 8.03. The van der Waals surface area contributed by atoms with E-state index in [4.69, 9.17) is 5.11 Å². The molecule has 0 aliphatic carbocycles. The number of fused-ring (bicyclic) bond motifs is 1. The lowest BCUT2D eigenvalue weighted by atomic mass is 9.98. The number of carbonyl (C=O) groups excluding carboxylic acids is 1. The number of allylic oxidation sites excluding steroid dienone is 1. The Labute approximate surface area is 106 Å². The van der Waals surface area contributed by atoms with Crippen molar-refractivity contribution in [3.05, 3.63) is 34.9 Å². The van der Waals surface area contributed by atoms with Crippen LogP contribution in [0.4, 0.5) is 0 Å². The van der Waals surface area contributed by atoms with Crippen molar-refractivity contribution >= 4 is 29.2 Å². The van der Waals surface area contributed by atoms with Gasteiger partial charge < -0.3 is 10.1 Å². The van der Waals surface area contributed by atoms with E-state index >= 15 is 0 Å². The van der Waals surface area contributed by atoms with Crippen LogP contribution in [0.2, 0.25) is 0 Å². The van der Waals surface area contributed by atoms with Crippen LogP contribution in [0.5, 0.6) is 0 Å². The molecule has 1 aromatic heterocycles. The number of imidazole rings is 1. The van der Waals surface area contributed by atoms with Crippen molar-refractivity contribution in [2.24, 2.45) is 0 Å². The molecule has 3 rings (SSSR count). The third-order valence-corrected chi connectivity index (χ3v) is 4.07. The number of carbonyl (C=O) groups is 2. The number of H-pyrrole nitrogens is 1. The fourth-order valence-electron chi connectivity index (χ4n) is 2.06. The lowest BCUT2D eigenvalue weighted by Crippen LogP contribution is -2.51. The molecule has 3 heterocycles. The molecule has 0 radical (unpaired) electrons. The Bertz CT molecular complexity index is 603. The minimum absolute atomic E-state index is 0.0496.